The molecule has 1 aromatic rings. The van der Waals surface area contributed by atoms with E-state index in [1.165, 1.54) is 19.3 Å². The summed E-state index contributed by atoms with van der Waals surface area (Å²) in [7, 11) is 0. The minimum absolute atomic E-state index is 0.0240. The van der Waals surface area contributed by atoms with Crippen LogP contribution in [0.2, 0.25) is 0 Å². The van der Waals surface area contributed by atoms with E-state index in [2.05, 4.69) is 36.5 Å². The predicted molar refractivity (Wildman–Crippen MR) is 91.4 cm³/mol. The van der Waals surface area contributed by atoms with Crippen molar-refractivity contribution >= 4 is 5.91 Å². The predicted octanol–water partition coefficient (Wildman–Crippen LogP) is 2.75. The highest BCUT2D eigenvalue weighted by Crippen LogP contribution is 2.38. The maximum Gasteiger partial charge on any atom is 0.272 e. The molecule has 3 unspecified atom stereocenters. The molecule has 2 aliphatic rings. The molecule has 0 aromatic carbocycles. The van der Waals surface area contributed by atoms with Crippen LogP contribution in [0.15, 0.2) is 12.3 Å². The first-order valence-electron chi connectivity index (χ1n) is 9.01. The molecule has 0 spiro atoms. The normalized spacial score (nSPS) is 30.8. The van der Waals surface area contributed by atoms with E-state index in [0.717, 1.165) is 25.9 Å². The lowest BCUT2D eigenvalue weighted by Crippen LogP contribution is -2.44. The van der Waals surface area contributed by atoms with Crippen LogP contribution in [0.1, 0.15) is 69.4 Å². The van der Waals surface area contributed by atoms with E-state index in [1.54, 1.807) is 0 Å². The molecule has 5 heteroatoms. The second-order valence-corrected chi connectivity index (χ2v) is 8.15. The average molecular weight is 318 g/mol. The standard InChI is InChI=1S/C18H30N4O/c1-13-11-18(2,3)8-6-15(13)20-17(23)16-7-10-22(21-16)14-5-4-9-19-12-14/h7,10,13-15,19H,4-6,8-9,11-12H2,1-3H3,(H,20,23). The van der Waals surface area contributed by atoms with E-state index in [-0.39, 0.29) is 11.9 Å². The van der Waals surface area contributed by atoms with Gasteiger partial charge in [0.1, 0.15) is 5.69 Å². The van der Waals surface area contributed by atoms with Crippen molar-refractivity contribution in [2.24, 2.45) is 11.3 Å². The SMILES string of the molecule is CC1CC(C)(C)CCC1NC(=O)c1ccn(C2CCCNC2)n1. The second kappa shape index (κ2) is 6.63. The molecule has 2 fully saturated rings. The lowest BCUT2D eigenvalue weighted by molar-refractivity contribution is 0.0855. The molecule has 1 aliphatic heterocycles. The summed E-state index contributed by atoms with van der Waals surface area (Å²) in [4.78, 5) is 12.5. The molecule has 0 bridgehead atoms. The average Bonchev–Trinajstić information content (AvgIpc) is 3.00. The Morgan fingerprint density at radius 1 is 1.43 bits per heavy atom. The van der Waals surface area contributed by atoms with Crippen molar-refractivity contribution in [3.05, 3.63) is 18.0 Å². The minimum Gasteiger partial charge on any atom is -0.348 e. The Hall–Kier alpha value is -1.36. The number of amides is 1. The molecule has 1 aromatic heterocycles. The van der Waals surface area contributed by atoms with Crippen molar-refractivity contribution < 1.29 is 4.79 Å². The van der Waals surface area contributed by atoms with Crippen LogP contribution in [0.3, 0.4) is 0 Å². The van der Waals surface area contributed by atoms with Crippen molar-refractivity contribution in [2.75, 3.05) is 13.1 Å². The van der Waals surface area contributed by atoms with Gasteiger partial charge in [0.05, 0.1) is 6.04 Å². The minimum atomic E-state index is -0.0240. The van der Waals surface area contributed by atoms with Gasteiger partial charge in [-0.15, -0.1) is 0 Å². The molecule has 128 valence electrons. The van der Waals surface area contributed by atoms with Gasteiger partial charge in [0.2, 0.25) is 0 Å². The third-order valence-electron chi connectivity index (χ3n) is 5.50. The molecule has 23 heavy (non-hydrogen) atoms. The number of hydrogen-bond donors (Lipinski definition) is 2. The quantitative estimate of drug-likeness (QED) is 0.901. The molecule has 1 saturated heterocycles. The number of carbonyl (C=O) groups is 1. The zero-order chi connectivity index (χ0) is 16.4. The molecule has 3 atom stereocenters. The highest BCUT2D eigenvalue weighted by molar-refractivity contribution is 5.92. The first-order valence-corrected chi connectivity index (χ1v) is 9.01. The number of rotatable bonds is 3. The van der Waals surface area contributed by atoms with E-state index < -0.39 is 0 Å². The Morgan fingerprint density at radius 3 is 2.96 bits per heavy atom. The van der Waals surface area contributed by atoms with Crippen molar-refractivity contribution in [1.29, 1.82) is 0 Å². The molecule has 2 heterocycles. The third kappa shape index (κ3) is 3.94. The highest BCUT2D eigenvalue weighted by Gasteiger charge is 2.33. The fourth-order valence-corrected chi connectivity index (χ4v) is 4.13. The first kappa shape index (κ1) is 16.5. The van der Waals surface area contributed by atoms with E-state index in [0.29, 0.717) is 23.1 Å². The summed E-state index contributed by atoms with van der Waals surface area (Å²) in [6.45, 7) is 8.92. The van der Waals surface area contributed by atoms with Gasteiger partial charge in [-0.3, -0.25) is 9.48 Å². The number of hydrogen-bond acceptors (Lipinski definition) is 3. The van der Waals surface area contributed by atoms with Gasteiger partial charge in [0.25, 0.3) is 5.91 Å². The summed E-state index contributed by atoms with van der Waals surface area (Å²) in [5.41, 5.74) is 0.948. The number of nitrogens with zero attached hydrogens (tertiary/aromatic N) is 2. The van der Waals surface area contributed by atoms with Crippen LogP contribution in [-0.4, -0.2) is 34.8 Å². The van der Waals surface area contributed by atoms with Gasteiger partial charge in [0, 0.05) is 18.8 Å². The van der Waals surface area contributed by atoms with Crippen LogP contribution in [0.5, 0.6) is 0 Å². The molecule has 2 N–H and O–H groups in total. The molecule has 1 aliphatic carbocycles. The lowest BCUT2D eigenvalue weighted by atomic mass is 9.70. The van der Waals surface area contributed by atoms with Crippen LogP contribution >= 0.6 is 0 Å². The van der Waals surface area contributed by atoms with E-state index in [1.807, 2.05) is 16.9 Å². The van der Waals surface area contributed by atoms with Crippen molar-refractivity contribution in [2.45, 2.75) is 65.0 Å². The van der Waals surface area contributed by atoms with Crippen molar-refractivity contribution in [3.8, 4) is 0 Å². The number of aromatic nitrogens is 2. The largest absolute Gasteiger partial charge is 0.348 e. The Labute approximate surface area is 139 Å². The van der Waals surface area contributed by atoms with E-state index in [9.17, 15) is 4.79 Å². The van der Waals surface area contributed by atoms with Crippen LogP contribution in [0.4, 0.5) is 0 Å². The Morgan fingerprint density at radius 2 is 2.26 bits per heavy atom. The monoisotopic (exact) mass is 318 g/mol. The van der Waals surface area contributed by atoms with Crippen molar-refractivity contribution in [1.82, 2.24) is 20.4 Å². The maximum absolute atomic E-state index is 12.5. The fourth-order valence-electron chi connectivity index (χ4n) is 4.13. The summed E-state index contributed by atoms with van der Waals surface area (Å²) < 4.78 is 1.95. The van der Waals surface area contributed by atoms with Crippen molar-refractivity contribution in [3.63, 3.8) is 0 Å². The summed E-state index contributed by atoms with van der Waals surface area (Å²) in [6.07, 6.45) is 7.64. The number of carbonyl (C=O) groups excluding carboxylic acids is 1. The number of piperidine rings is 1. The maximum atomic E-state index is 12.5. The Balaban J connectivity index is 1.59. The summed E-state index contributed by atoms with van der Waals surface area (Å²) in [5.74, 6) is 0.497. The van der Waals surface area contributed by atoms with Gasteiger partial charge >= 0.3 is 0 Å². The summed E-state index contributed by atoms with van der Waals surface area (Å²) >= 11 is 0. The van der Waals surface area contributed by atoms with Gasteiger partial charge < -0.3 is 10.6 Å². The molecule has 5 nitrogen and oxygen atoms in total. The van der Waals surface area contributed by atoms with Gasteiger partial charge in [-0.25, -0.2) is 0 Å². The highest BCUT2D eigenvalue weighted by atomic mass is 16.2. The zero-order valence-electron chi connectivity index (χ0n) is 14.6. The van der Waals surface area contributed by atoms with Crippen LogP contribution in [0, 0.1) is 11.3 Å². The van der Waals surface area contributed by atoms with E-state index >= 15 is 0 Å². The van der Waals surface area contributed by atoms with Gasteiger partial charge in [-0.2, -0.15) is 5.10 Å². The molecule has 0 radical (unpaired) electrons. The zero-order valence-corrected chi connectivity index (χ0v) is 14.6. The summed E-state index contributed by atoms with van der Waals surface area (Å²) in [6, 6.07) is 2.50. The molecular weight excluding hydrogens is 288 g/mol. The third-order valence-corrected chi connectivity index (χ3v) is 5.50. The van der Waals surface area contributed by atoms with Gasteiger partial charge in [0.15, 0.2) is 0 Å². The van der Waals surface area contributed by atoms with Gasteiger partial charge in [-0.1, -0.05) is 20.8 Å². The molecule has 3 rings (SSSR count). The molecule has 1 saturated carbocycles. The first-order chi connectivity index (χ1) is 10.9. The fraction of sp³-hybridized carbons (Fsp3) is 0.778. The van der Waals surface area contributed by atoms with E-state index in [4.69, 9.17) is 0 Å². The smallest absolute Gasteiger partial charge is 0.272 e. The summed E-state index contributed by atoms with van der Waals surface area (Å²) in [5, 5.41) is 11.1. The Kier molecular flexibility index (Phi) is 4.76. The van der Waals surface area contributed by atoms with Crippen LogP contribution < -0.4 is 10.6 Å². The van der Waals surface area contributed by atoms with Gasteiger partial charge in [-0.05, 0) is 56.0 Å². The van der Waals surface area contributed by atoms with Crippen LogP contribution in [-0.2, 0) is 0 Å². The second-order valence-electron chi connectivity index (χ2n) is 8.15. The Bertz CT molecular complexity index is 545. The lowest BCUT2D eigenvalue weighted by Gasteiger charge is -2.39. The number of nitrogens with one attached hydrogen (secondary N) is 2. The topological polar surface area (TPSA) is 59.0 Å². The molecular formula is C18H30N4O. The van der Waals surface area contributed by atoms with Crippen LogP contribution in [0.25, 0.3) is 0 Å². The molecule has 1 amide bonds.